The van der Waals surface area contributed by atoms with Crippen molar-refractivity contribution < 1.29 is 19.4 Å². The van der Waals surface area contributed by atoms with E-state index in [-0.39, 0.29) is 49.8 Å². The summed E-state index contributed by atoms with van der Waals surface area (Å²) in [4.78, 5) is 0. The van der Waals surface area contributed by atoms with Gasteiger partial charge in [-0.05, 0) is 0 Å². The smallest absolute Gasteiger partial charge is 0.147 e. The minimum absolute atomic E-state index is 0. The summed E-state index contributed by atoms with van der Waals surface area (Å²) >= 11 is -0.180. The minimum atomic E-state index is -0.180. The molecule has 1 N–H and O–H groups in total. The van der Waals surface area contributed by atoms with Crippen molar-refractivity contribution in [3.63, 3.8) is 0 Å². The number of rotatable bonds is 4. The van der Waals surface area contributed by atoms with Crippen molar-refractivity contribution in [2.75, 3.05) is 0 Å². The topological polar surface area (TPSA) is 12.0 Å². The Kier molecular flexibility index (Phi) is 9.15. The molecule has 1 nitrogen and oxygen atoms in total. The summed E-state index contributed by atoms with van der Waals surface area (Å²) in [5.74, 6) is 0. The van der Waals surface area contributed by atoms with Crippen LogP contribution in [0.5, 0.6) is 0 Å². The Balaban J connectivity index is 0.00000200. The Bertz CT molecular complexity index is 504. The molecule has 0 aromatic heterocycles. The van der Waals surface area contributed by atoms with Crippen molar-refractivity contribution in [2.24, 2.45) is 0 Å². The Hall–Kier alpha value is -0.0457. The van der Waals surface area contributed by atoms with E-state index in [9.17, 15) is 0 Å². The van der Waals surface area contributed by atoms with E-state index in [1.165, 1.54) is 16.7 Å². The number of hydrogen-bond acceptors (Lipinski definition) is 1. The van der Waals surface area contributed by atoms with Crippen LogP contribution in [0, 0.1) is 0 Å². The Morgan fingerprint density at radius 3 is 2.38 bits per heavy atom. The summed E-state index contributed by atoms with van der Waals surface area (Å²) in [5.41, 5.74) is 4.65. The van der Waals surface area contributed by atoms with Gasteiger partial charge in [-0.1, -0.05) is 0 Å². The van der Waals surface area contributed by atoms with E-state index in [1.54, 1.807) is 0 Å². The van der Waals surface area contributed by atoms with E-state index in [1.807, 2.05) is 0 Å². The van der Waals surface area contributed by atoms with Gasteiger partial charge in [0.05, 0.1) is 0 Å². The van der Waals surface area contributed by atoms with Crippen LogP contribution in [0.15, 0.2) is 42.5 Å². The molecule has 0 heterocycles. The van der Waals surface area contributed by atoms with Gasteiger partial charge < -0.3 is 0 Å². The van der Waals surface area contributed by atoms with Crippen LogP contribution in [0.3, 0.4) is 0 Å². The van der Waals surface area contributed by atoms with Crippen LogP contribution in [0.2, 0.25) is 0 Å². The summed E-state index contributed by atoms with van der Waals surface area (Å²) in [6.07, 6.45) is 7.74. The first-order chi connectivity index (χ1) is 8.97. The van der Waals surface area contributed by atoms with Gasteiger partial charge >= 0.3 is 126 Å². The van der Waals surface area contributed by atoms with Gasteiger partial charge in [-0.3, -0.25) is 0 Å². The van der Waals surface area contributed by atoms with Gasteiger partial charge in [-0.2, -0.15) is 0 Å². The van der Waals surface area contributed by atoms with Crippen LogP contribution in [0.1, 0.15) is 49.5 Å². The molecule has 0 amide bonds. The first-order valence-corrected chi connectivity index (χ1v) is 8.63. The van der Waals surface area contributed by atoms with Gasteiger partial charge in [0.1, 0.15) is 0 Å². The van der Waals surface area contributed by atoms with Crippen molar-refractivity contribution in [2.45, 2.75) is 43.9 Å². The van der Waals surface area contributed by atoms with Crippen LogP contribution in [-0.2, 0) is 19.4 Å². The largest absolute Gasteiger partial charge is 0.147 e. The zero-order valence-electron chi connectivity index (χ0n) is 13.1. The number of halogens is 2. The molecule has 21 heavy (non-hydrogen) atoms. The molecule has 0 saturated carbocycles. The van der Waals surface area contributed by atoms with Crippen molar-refractivity contribution in [3.8, 4) is 0 Å². The number of nitrogens with one attached hydrogen (secondary N) is 1. The molecule has 0 saturated heterocycles. The van der Waals surface area contributed by atoms with Gasteiger partial charge in [-0.15, -0.1) is 24.8 Å². The molecule has 0 bridgehead atoms. The maximum Gasteiger partial charge on any atom is -0.147 e. The molecule has 1 aromatic carbocycles. The van der Waals surface area contributed by atoms with Crippen LogP contribution in [-0.4, -0.2) is 5.54 Å². The molecule has 1 aliphatic carbocycles. The van der Waals surface area contributed by atoms with Crippen molar-refractivity contribution >= 4 is 30.4 Å². The second-order valence-corrected chi connectivity index (χ2v) is 8.35. The van der Waals surface area contributed by atoms with E-state index >= 15 is 0 Å². The number of hydrogen-bond donors (Lipinski definition) is 1. The first kappa shape index (κ1) is 21.0. The second-order valence-electron chi connectivity index (χ2n) is 6.15. The average Bonchev–Trinajstić information content (AvgIpc) is 2.89. The van der Waals surface area contributed by atoms with Crippen molar-refractivity contribution in [3.05, 3.63) is 53.6 Å². The fourth-order valence-corrected chi connectivity index (χ4v) is 3.87. The van der Waals surface area contributed by atoms with Crippen LogP contribution < -0.4 is 3.80 Å². The van der Waals surface area contributed by atoms with E-state index in [0.29, 0.717) is 4.22 Å². The van der Waals surface area contributed by atoms with Gasteiger partial charge in [0.2, 0.25) is 0 Å². The van der Waals surface area contributed by atoms with Crippen LogP contribution in [0.4, 0.5) is 0 Å². The molecule has 4 heteroatoms. The molecule has 0 aliphatic heterocycles. The summed E-state index contributed by atoms with van der Waals surface area (Å²) < 4.78 is 4.38. The Morgan fingerprint density at radius 2 is 1.81 bits per heavy atom. The zero-order chi connectivity index (χ0) is 13.9. The van der Waals surface area contributed by atoms with Gasteiger partial charge in [0, 0.05) is 0 Å². The predicted molar refractivity (Wildman–Crippen MR) is 94.0 cm³/mol. The quantitative estimate of drug-likeness (QED) is 0.715. The molecular weight excluding hydrogens is 337 g/mol. The maximum atomic E-state index is 3.73. The molecule has 1 unspecified atom stereocenters. The van der Waals surface area contributed by atoms with Crippen LogP contribution in [0.25, 0.3) is 5.57 Å². The molecule has 0 radical (unpaired) electrons. The minimum Gasteiger partial charge on any atom is -0.147 e. The van der Waals surface area contributed by atoms with Gasteiger partial charge in [-0.25, -0.2) is 0 Å². The monoisotopic (exact) mass is 361 g/mol. The van der Waals surface area contributed by atoms with E-state index in [0.717, 1.165) is 6.42 Å². The van der Waals surface area contributed by atoms with Crippen molar-refractivity contribution in [1.82, 2.24) is 3.80 Å². The van der Waals surface area contributed by atoms with Crippen LogP contribution >= 0.6 is 24.8 Å². The Labute approximate surface area is 150 Å². The van der Waals surface area contributed by atoms with Gasteiger partial charge in [0.15, 0.2) is 0 Å². The second kappa shape index (κ2) is 9.17. The maximum absolute atomic E-state index is 3.73. The third kappa shape index (κ3) is 6.30. The molecule has 0 spiro atoms. The Morgan fingerprint density at radius 1 is 1.14 bits per heavy atom. The summed E-state index contributed by atoms with van der Waals surface area (Å²) in [5, 5.41) is 0. The standard InChI is InChI=1S/C13H13.C4H10N.2ClH.Ti/c1-2-11-7-5-6-10-13(11)12-8-3-4-9-12;1-4(2,3)5;;;/h2-8,10H,9H2,1H3;5H,1-3H3;2*1H;/q;-1;;;+1. The fourth-order valence-electron chi connectivity index (χ4n) is 2.22. The van der Waals surface area contributed by atoms with Crippen molar-refractivity contribution in [1.29, 1.82) is 0 Å². The van der Waals surface area contributed by atoms with E-state index in [4.69, 9.17) is 0 Å². The first-order valence-electron chi connectivity index (χ1n) is 6.95. The molecule has 1 aliphatic rings. The fraction of sp³-hybridized carbons (Fsp3) is 0.412. The van der Waals surface area contributed by atoms with Gasteiger partial charge in [0.25, 0.3) is 0 Å². The molecular formula is C17H25Cl2NTi. The van der Waals surface area contributed by atoms with E-state index < -0.39 is 0 Å². The molecule has 1 atom stereocenters. The average molecular weight is 362 g/mol. The third-order valence-corrected chi connectivity index (χ3v) is 5.77. The third-order valence-electron chi connectivity index (χ3n) is 3.21. The summed E-state index contributed by atoms with van der Waals surface area (Å²) in [6.45, 7) is 9.11. The zero-order valence-corrected chi connectivity index (χ0v) is 16.3. The predicted octanol–water partition coefficient (Wildman–Crippen LogP) is 5.32. The van der Waals surface area contributed by atoms with E-state index in [2.05, 4.69) is 74.0 Å². The number of benzene rings is 1. The molecule has 1 aromatic rings. The normalized spacial score (nSPS) is 14.8. The molecule has 2 rings (SSSR count). The number of allylic oxidation sites excluding steroid dienone is 4. The summed E-state index contributed by atoms with van der Waals surface area (Å²) in [6, 6.07) is 8.89. The molecule has 116 valence electrons. The summed E-state index contributed by atoms with van der Waals surface area (Å²) in [7, 11) is 0. The molecule has 0 fully saturated rings. The SMILES string of the molecule is C[CH]([Ti][NH]C(C)(C)C)c1ccccc1C1=CC=CC1.Cl.Cl.